The maximum atomic E-state index is 13.6. The van der Waals surface area contributed by atoms with Gasteiger partial charge < -0.3 is 14.7 Å². The van der Waals surface area contributed by atoms with Crippen LogP contribution in [0.5, 0.6) is 5.75 Å². The summed E-state index contributed by atoms with van der Waals surface area (Å²) in [5.41, 5.74) is 2.84. The second kappa shape index (κ2) is 9.60. The lowest BCUT2D eigenvalue weighted by atomic mass is 9.95. The molecule has 0 fully saturated rings. The van der Waals surface area contributed by atoms with Gasteiger partial charge in [0.1, 0.15) is 5.75 Å². The molecule has 7 nitrogen and oxygen atoms in total. The van der Waals surface area contributed by atoms with Crippen molar-refractivity contribution in [3.8, 4) is 5.75 Å². The van der Waals surface area contributed by atoms with Gasteiger partial charge in [0.25, 0.3) is 5.56 Å². The van der Waals surface area contributed by atoms with Crippen LogP contribution < -0.4 is 19.8 Å². The monoisotopic (exact) mass is 541 g/mol. The first kappa shape index (κ1) is 24.0. The van der Waals surface area contributed by atoms with E-state index in [1.165, 1.54) is 15.9 Å². The maximum absolute atomic E-state index is 13.6. The maximum Gasteiger partial charge on any atom is 0.338 e. The summed E-state index contributed by atoms with van der Waals surface area (Å²) < 4.78 is 8.05. The molecule has 0 radical (unpaired) electrons. The number of aromatic nitrogens is 1. The molecule has 34 heavy (non-hydrogen) atoms. The zero-order chi connectivity index (χ0) is 24.6. The largest absolute Gasteiger partial charge is 0.507 e. The zero-order valence-corrected chi connectivity index (χ0v) is 21.6. The van der Waals surface area contributed by atoms with Crippen LogP contribution in [0.1, 0.15) is 31.0 Å². The van der Waals surface area contributed by atoms with Crippen LogP contribution in [-0.2, 0) is 9.53 Å². The van der Waals surface area contributed by atoms with Crippen molar-refractivity contribution in [3.05, 3.63) is 89.0 Å². The lowest BCUT2D eigenvalue weighted by Gasteiger charge is -2.25. The van der Waals surface area contributed by atoms with E-state index in [1.807, 2.05) is 43.3 Å². The number of allylic oxidation sites excluding steroid dienone is 1. The number of fused-ring (bicyclic) bond motifs is 1. The van der Waals surface area contributed by atoms with E-state index in [9.17, 15) is 14.7 Å². The van der Waals surface area contributed by atoms with E-state index >= 15 is 0 Å². The molecule has 0 aliphatic carbocycles. The highest BCUT2D eigenvalue weighted by atomic mass is 79.9. The van der Waals surface area contributed by atoms with E-state index in [0.717, 1.165) is 15.7 Å². The second-order valence-corrected chi connectivity index (χ2v) is 9.92. The molecule has 3 aromatic rings. The van der Waals surface area contributed by atoms with Gasteiger partial charge in [-0.1, -0.05) is 39.4 Å². The van der Waals surface area contributed by atoms with Crippen LogP contribution in [0.2, 0.25) is 0 Å². The highest BCUT2D eigenvalue weighted by Crippen LogP contribution is 2.31. The van der Waals surface area contributed by atoms with Crippen LogP contribution in [0.15, 0.2) is 68.0 Å². The summed E-state index contributed by atoms with van der Waals surface area (Å²) in [5, 5.41) is 10.3. The molecule has 0 bridgehead atoms. The SMILES string of the molecule is CCOC(=O)C1=C(C)N=c2s/c(=C/c3cc(Br)ccc3O)c(=O)n2C1c1ccc(N(C)C)cc1. The van der Waals surface area contributed by atoms with Crippen molar-refractivity contribution < 1.29 is 14.6 Å². The fourth-order valence-electron chi connectivity index (χ4n) is 3.84. The Morgan fingerprint density at radius 1 is 1.26 bits per heavy atom. The number of aromatic hydroxyl groups is 1. The first-order valence-corrected chi connectivity index (χ1v) is 12.3. The van der Waals surface area contributed by atoms with Crippen molar-refractivity contribution in [1.29, 1.82) is 0 Å². The molecule has 1 aliphatic rings. The lowest BCUT2D eigenvalue weighted by Crippen LogP contribution is -2.39. The Bertz CT molecular complexity index is 1470. The predicted octanol–water partition coefficient (Wildman–Crippen LogP) is 3.33. The zero-order valence-electron chi connectivity index (χ0n) is 19.2. The van der Waals surface area contributed by atoms with Crippen LogP contribution in [0, 0.1) is 0 Å². The number of rotatable bonds is 5. The molecule has 1 aliphatic heterocycles. The van der Waals surface area contributed by atoms with Crippen molar-refractivity contribution in [3.63, 3.8) is 0 Å². The number of phenols is 1. The summed E-state index contributed by atoms with van der Waals surface area (Å²) in [7, 11) is 3.90. The minimum absolute atomic E-state index is 0.0632. The number of benzene rings is 2. The Morgan fingerprint density at radius 2 is 1.97 bits per heavy atom. The van der Waals surface area contributed by atoms with E-state index in [-0.39, 0.29) is 17.9 Å². The standard InChI is InChI=1S/C25H24BrN3O4S/c1-5-33-24(32)21-14(2)27-25-29(22(21)15-6-9-18(10-7-15)28(3)4)23(31)20(34-25)13-16-12-17(26)8-11-19(16)30/h6-13,22,30H,5H2,1-4H3/b20-13+. The van der Waals surface area contributed by atoms with Crippen molar-refractivity contribution in [2.24, 2.45) is 4.99 Å². The van der Waals surface area contributed by atoms with E-state index in [2.05, 4.69) is 20.9 Å². The smallest absolute Gasteiger partial charge is 0.338 e. The number of esters is 1. The van der Waals surface area contributed by atoms with Gasteiger partial charge in [-0.15, -0.1) is 0 Å². The predicted molar refractivity (Wildman–Crippen MR) is 137 cm³/mol. The number of halogens is 1. The first-order chi connectivity index (χ1) is 16.2. The third kappa shape index (κ3) is 4.45. The Balaban J connectivity index is 1.95. The fourth-order valence-corrected chi connectivity index (χ4v) is 5.26. The van der Waals surface area contributed by atoms with E-state index in [0.29, 0.717) is 26.2 Å². The molecular weight excluding hydrogens is 518 g/mol. The van der Waals surface area contributed by atoms with E-state index in [1.54, 1.807) is 38.1 Å². The van der Waals surface area contributed by atoms with Crippen molar-refractivity contribution in [2.45, 2.75) is 19.9 Å². The van der Waals surface area contributed by atoms with E-state index in [4.69, 9.17) is 4.74 Å². The normalized spacial score (nSPS) is 15.7. The Hall–Kier alpha value is -3.17. The molecule has 1 atom stereocenters. The molecule has 0 saturated carbocycles. The number of carbonyl (C=O) groups excluding carboxylic acids is 1. The number of carbonyl (C=O) groups is 1. The molecular formula is C25H24BrN3O4S. The molecule has 1 N–H and O–H groups in total. The van der Waals surface area contributed by atoms with Crippen LogP contribution in [0.25, 0.3) is 6.08 Å². The first-order valence-electron chi connectivity index (χ1n) is 10.7. The van der Waals surface area contributed by atoms with Crippen molar-refractivity contribution in [1.82, 2.24) is 4.57 Å². The Labute approximate surface area is 209 Å². The van der Waals surface area contributed by atoms with Crippen LogP contribution in [-0.4, -0.2) is 36.3 Å². The van der Waals surface area contributed by atoms with Crippen LogP contribution in [0.3, 0.4) is 0 Å². The van der Waals surface area contributed by atoms with Gasteiger partial charge in [0.15, 0.2) is 4.80 Å². The number of anilines is 1. The van der Waals surface area contributed by atoms with Crippen molar-refractivity contribution in [2.75, 3.05) is 25.6 Å². The second-order valence-electron chi connectivity index (χ2n) is 7.99. The summed E-state index contributed by atoms with van der Waals surface area (Å²) in [6.45, 7) is 3.72. The summed E-state index contributed by atoms with van der Waals surface area (Å²) in [6.07, 6.45) is 1.64. The van der Waals surface area contributed by atoms with E-state index < -0.39 is 12.0 Å². The summed E-state index contributed by atoms with van der Waals surface area (Å²) >= 11 is 4.61. The summed E-state index contributed by atoms with van der Waals surface area (Å²) in [5.74, 6) is -0.433. The van der Waals surface area contributed by atoms with Gasteiger partial charge in [-0.25, -0.2) is 9.79 Å². The van der Waals surface area contributed by atoms with Gasteiger partial charge >= 0.3 is 5.97 Å². The Kier molecular flexibility index (Phi) is 6.77. The molecule has 0 amide bonds. The molecule has 9 heteroatoms. The minimum Gasteiger partial charge on any atom is -0.507 e. The molecule has 2 heterocycles. The number of thiazole rings is 1. The third-order valence-corrected chi connectivity index (χ3v) is 6.99. The number of ether oxygens (including phenoxy) is 1. The highest BCUT2D eigenvalue weighted by Gasteiger charge is 2.33. The molecule has 0 spiro atoms. The van der Waals surface area contributed by atoms with Gasteiger partial charge in [-0.2, -0.15) is 0 Å². The van der Waals surface area contributed by atoms with Gasteiger partial charge in [-0.3, -0.25) is 9.36 Å². The summed E-state index contributed by atoms with van der Waals surface area (Å²) in [6, 6.07) is 12.1. The van der Waals surface area contributed by atoms with Crippen molar-refractivity contribution >= 4 is 45.0 Å². The molecule has 0 saturated heterocycles. The number of hydrogen-bond donors (Lipinski definition) is 1. The lowest BCUT2D eigenvalue weighted by molar-refractivity contribution is -0.139. The number of phenolic OH excluding ortho intramolecular Hbond substituents is 1. The minimum atomic E-state index is -0.676. The van der Waals surface area contributed by atoms with Crippen LogP contribution >= 0.6 is 27.3 Å². The molecule has 1 unspecified atom stereocenters. The van der Waals surface area contributed by atoms with Gasteiger partial charge in [0.05, 0.1) is 28.5 Å². The van der Waals surface area contributed by atoms with Gasteiger partial charge in [0.2, 0.25) is 0 Å². The Morgan fingerprint density at radius 3 is 2.62 bits per heavy atom. The molecule has 1 aromatic heterocycles. The average molecular weight is 542 g/mol. The quantitative estimate of drug-likeness (QED) is 0.501. The van der Waals surface area contributed by atoms with Gasteiger partial charge in [0, 0.05) is 29.8 Å². The highest BCUT2D eigenvalue weighted by molar-refractivity contribution is 9.10. The molecule has 4 rings (SSSR count). The topological polar surface area (TPSA) is 84.1 Å². The number of nitrogens with zero attached hydrogens (tertiary/aromatic N) is 3. The summed E-state index contributed by atoms with van der Waals surface area (Å²) in [4.78, 5) is 33.6. The van der Waals surface area contributed by atoms with Gasteiger partial charge in [-0.05, 0) is 55.8 Å². The molecule has 2 aromatic carbocycles. The average Bonchev–Trinajstić information content (AvgIpc) is 3.10. The van der Waals surface area contributed by atoms with Crippen LogP contribution in [0.4, 0.5) is 5.69 Å². The fraction of sp³-hybridized carbons (Fsp3) is 0.240. The third-order valence-electron chi connectivity index (χ3n) is 5.52. The number of hydrogen-bond acceptors (Lipinski definition) is 7. The molecule has 176 valence electrons.